The first-order chi connectivity index (χ1) is 11.9. The Morgan fingerprint density at radius 1 is 0.720 bits per heavy atom. The second-order valence-corrected chi connectivity index (χ2v) is 7.82. The van der Waals surface area contributed by atoms with E-state index in [9.17, 15) is 0 Å². The first-order valence-corrected chi connectivity index (χ1v) is 8.85. The van der Waals surface area contributed by atoms with Crippen molar-refractivity contribution in [2.45, 2.75) is 38.9 Å². The molecule has 0 bridgehead atoms. The monoisotopic (exact) mass is 338 g/mol. The van der Waals surface area contributed by atoms with Crippen molar-refractivity contribution < 1.29 is 9.47 Å². The van der Waals surface area contributed by atoms with Crippen LogP contribution in [-0.2, 0) is 20.7 Å². The normalized spacial score (nSPS) is 20.8. The summed E-state index contributed by atoms with van der Waals surface area (Å²) in [5, 5.41) is 0. The largest absolute Gasteiger partial charge is 0.350 e. The van der Waals surface area contributed by atoms with Crippen molar-refractivity contribution in [3.8, 4) is 0 Å². The molecule has 0 saturated carbocycles. The summed E-state index contributed by atoms with van der Waals surface area (Å²) in [5.41, 5.74) is 4.42. The second-order valence-electron chi connectivity index (χ2n) is 7.82. The van der Waals surface area contributed by atoms with Crippen LogP contribution in [0.2, 0.25) is 0 Å². The van der Waals surface area contributed by atoms with E-state index in [4.69, 9.17) is 9.47 Å². The molecule has 0 atom stereocenters. The van der Waals surface area contributed by atoms with E-state index in [1.807, 2.05) is 0 Å². The molecule has 2 aromatic rings. The van der Waals surface area contributed by atoms with Crippen LogP contribution in [0.3, 0.4) is 0 Å². The smallest absolute Gasteiger partial charge is 0.121 e. The lowest BCUT2D eigenvalue weighted by atomic mass is 9.94. The van der Waals surface area contributed by atoms with Crippen molar-refractivity contribution in [2.75, 3.05) is 29.9 Å². The molecule has 4 rings (SSSR count). The summed E-state index contributed by atoms with van der Waals surface area (Å²) in [6.07, 6.45) is 0. The molecule has 132 valence electrons. The van der Waals surface area contributed by atoms with Crippen LogP contribution >= 0.6 is 0 Å². The zero-order valence-electron chi connectivity index (χ0n) is 15.5. The second kappa shape index (κ2) is 5.75. The van der Waals surface area contributed by atoms with Crippen molar-refractivity contribution >= 4 is 11.4 Å². The zero-order chi connectivity index (χ0) is 17.7. The number of fused-ring (bicyclic) bond motifs is 2. The Morgan fingerprint density at radius 3 is 1.56 bits per heavy atom. The SMILES string of the molecule is CC1(C)OCN(CN2COC(C)(C)c3ccccc32)c2ccccc21. The lowest BCUT2D eigenvalue weighted by molar-refractivity contribution is -0.0389. The van der Waals surface area contributed by atoms with Gasteiger partial charge in [-0.15, -0.1) is 0 Å². The van der Waals surface area contributed by atoms with Gasteiger partial charge in [-0.25, -0.2) is 0 Å². The van der Waals surface area contributed by atoms with Crippen LogP contribution in [0, 0.1) is 0 Å². The van der Waals surface area contributed by atoms with E-state index in [0.29, 0.717) is 13.5 Å². The maximum atomic E-state index is 6.13. The van der Waals surface area contributed by atoms with Crippen LogP contribution in [0.5, 0.6) is 0 Å². The number of rotatable bonds is 2. The summed E-state index contributed by atoms with van der Waals surface area (Å²) in [5.74, 6) is 0. The van der Waals surface area contributed by atoms with Crippen LogP contribution in [0.25, 0.3) is 0 Å². The molecule has 0 unspecified atom stereocenters. The Hall–Kier alpha value is -2.04. The van der Waals surface area contributed by atoms with Crippen molar-refractivity contribution in [1.82, 2.24) is 0 Å². The first-order valence-electron chi connectivity index (χ1n) is 8.85. The van der Waals surface area contributed by atoms with Gasteiger partial charge in [0, 0.05) is 22.5 Å². The van der Waals surface area contributed by atoms with E-state index < -0.39 is 0 Å². The molecule has 4 heteroatoms. The molecular weight excluding hydrogens is 312 g/mol. The van der Waals surface area contributed by atoms with Crippen LogP contribution in [0.1, 0.15) is 38.8 Å². The number of benzene rings is 2. The quantitative estimate of drug-likeness (QED) is 0.810. The van der Waals surface area contributed by atoms with Gasteiger partial charge in [-0.2, -0.15) is 0 Å². The fraction of sp³-hybridized carbons (Fsp3) is 0.429. The molecule has 0 fully saturated rings. The molecule has 25 heavy (non-hydrogen) atoms. The molecule has 0 radical (unpaired) electrons. The highest BCUT2D eigenvalue weighted by Crippen LogP contribution is 2.40. The van der Waals surface area contributed by atoms with Crippen molar-refractivity contribution in [1.29, 1.82) is 0 Å². The number of hydrogen-bond acceptors (Lipinski definition) is 4. The van der Waals surface area contributed by atoms with Crippen LogP contribution in [0.4, 0.5) is 11.4 Å². The summed E-state index contributed by atoms with van der Waals surface area (Å²) in [7, 11) is 0. The summed E-state index contributed by atoms with van der Waals surface area (Å²) in [4.78, 5) is 4.55. The standard InChI is InChI=1S/C21H26N2O2/c1-20(2)16-9-5-7-11-18(16)22(14-24-20)13-23-15-25-21(3,4)17-10-6-8-12-19(17)23/h5-12H,13-15H2,1-4H3. The minimum atomic E-state index is -0.259. The van der Waals surface area contributed by atoms with E-state index in [1.165, 1.54) is 22.5 Å². The fourth-order valence-electron chi connectivity index (χ4n) is 3.73. The van der Waals surface area contributed by atoms with Gasteiger partial charge in [-0.1, -0.05) is 36.4 Å². The van der Waals surface area contributed by atoms with E-state index in [0.717, 1.165) is 6.67 Å². The van der Waals surface area contributed by atoms with Crippen molar-refractivity contribution in [2.24, 2.45) is 0 Å². The molecular formula is C21H26N2O2. The molecule has 4 nitrogen and oxygen atoms in total. The van der Waals surface area contributed by atoms with Gasteiger partial charge in [-0.3, -0.25) is 0 Å². The van der Waals surface area contributed by atoms with E-state index in [2.05, 4.69) is 86.0 Å². The van der Waals surface area contributed by atoms with E-state index >= 15 is 0 Å². The van der Waals surface area contributed by atoms with Gasteiger partial charge < -0.3 is 19.3 Å². The van der Waals surface area contributed by atoms with Crippen molar-refractivity contribution in [3.63, 3.8) is 0 Å². The molecule has 2 aliphatic rings. The summed E-state index contributed by atoms with van der Waals surface area (Å²) in [6.45, 7) is 10.4. The maximum absolute atomic E-state index is 6.13. The topological polar surface area (TPSA) is 24.9 Å². The average Bonchev–Trinajstić information content (AvgIpc) is 2.60. The third kappa shape index (κ3) is 2.79. The Kier molecular flexibility index (Phi) is 3.78. The molecule has 0 aliphatic carbocycles. The highest BCUT2D eigenvalue weighted by Gasteiger charge is 2.35. The summed E-state index contributed by atoms with van der Waals surface area (Å²) < 4.78 is 12.3. The summed E-state index contributed by atoms with van der Waals surface area (Å²) >= 11 is 0. The Morgan fingerprint density at radius 2 is 1.12 bits per heavy atom. The molecule has 0 aromatic heterocycles. The van der Waals surface area contributed by atoms with Crippen LogP contribution in [-0.4, -0.2) is 20.1 Å². The number of ether oxygens (including phenoxy) is 2. The third-order valence-electron chi connectivity index (χ3n) is 5.29. The predicted molar refractivity (Wildman–Crippen MR) is 101 cm³/mol. The number of nitrogens with zero attached hydrogens (tertiary/aromatic N) is 2. The molecule has 2 aliphatic heterocycles. The Balaban J connectivity index is 1.66. The molecule has 0 spiro atoms. The predicted octanol–water partition coefficient (Wildman–Crippen LogP) is 4.40. The summed E-state index contributed by atoms with van der Waals surface area (Å²) in [6, 6.07) is 17.0. The van der Waals surface area contributed by atoms with Crippen LogP contribution < -0.4 is 9.80 Å². The highest BCUT2D eigenvalue weighted by molar-refractivity contribution is 5.61. The number of hydrogen-bond donors (Lipinski definition) is 0. The highest BCUT2D eigenvalue weighted by atomic mass is 16.5. The van der Waals surface area contributed by atoms with Gasteiger partial charge in [0.1, 0.15) is 13.5 Å². The van der Waals surface area contributed by atoms with Gasteiger partial charge in [0.25, 0.3) is 0 Å². The fourth-order valence-corrected chi connectivity index (χ4v) is 3.73. The molecule has 0 saturated heterocycles. The van der Waals surface area contributed by atoms with Crippen molar-refractivity contribution in [3.05, 3.63) is 59.7 Å². The average molecular weight is 338 g/mol. The molecule has 0 N–H and O–H groups in total. The van der Waals surface area contributed by atoms with Gasteiger partial charge in [0.15, 0.2) is 0 Å². The first kappa shape index (κ1) is 16.4. The zero-order valence-corrected chi connectivity index (χ0v) is 15.5. The lowest BCUT2D eigenvalue weighted by Gasteiger charge is -2.45. The van der Waals surface area contributed by atoms with E-state index in [1.54, 1.807) is 0 Å². The minimum Gasteiger partial charge on any atom is -0.350 e. The minimum absolute atomic E-state index is 0.259. The van der Waals surface area contributed by atoms with Gasteiger partial charge in [0.2, 0.25) is 0 Å². The molecule has 2 aromatic carbocycles. The van der Waals surface area contributed by atoms with Gasteiger partial charge in [-0.05, 0) is 39.8 Å². The third-order valence-corrected chi connectivity index (χ3v) is 5.29. The van der Waals surface area contributed by atoms with E-state index in [-0.39, 0.29) is 11.2 Å². The van der Waals surface area contributed by atoms with Crippen LogP contribution in [0.15, 0.2) is 48.5 Å². The molecule has 0 amide bonds. The molecule has 2 heterocycles. The van der Waals surface area contributed by atoms with Gasteiger partial charge >= 0.3 is 0 Å². The maximum Gasteiger partial charge on any atom is 0.121 e. The Labute approximate surface area is 150 Å². The lowest BCUT2D eigenvalue weighted by Crippen LogP contribution is -2.49. The number of anilines is 2. The van der Waals surface area contributed by atoms with Gasteiger partial charge in [0.05, 0.1) is 17.9 Å². The Bertz CT molecular complexity index is 719. The number of para-hydroxylation sites is 2.